The normalized spacial score (nSPS) is 37.0. The van der Waals surface area contributed by atoms with Crippen LogP contribution in [0, 0.1) is 0 Å². The van der Waals surface area contributed by atoms with Gasteiger partial charge in [0.05, 0.1) is 0 Å². The van der Waals surface area contributed by atoms with E-state index in [2.05, 4.69) is 5.10 Å². The number of amides is 1. The molecule has 2 aliphatic heterocycles. The fraction of sp³-hybridized carbons (Fsp3) is 0.286. The number of hydrazone groups is 1. The van der Waals surface area contributed by atoms with Crippen molar-refractivity contribution in [2.75, 3.05) is 0 Å². The zero-order valence-electron chi connectivity index (χ0n) is 11.0. The van der Waals surface area contributed by atoms with Crippen molar-refractivity contribution in [2.45, 2.75) is 20.2 Å². The van der Waals surface area contributed by atoms with Gasteiger partial charge in [0.25, 0.3) is 5.91 Å². The summed E-state index contributed by atoms with van der Waals surface area (Å²) in [5.41, 5.74) is 0.447. The van der Waals surface area contributed by atoms with E-state index in [-0.39, 0.29) is 5.91 Å². The molecule has 4 rings (SSSR count). The number of fused-ring (bicyclic) bond motifs is 3. The fourth-order valence-electron chi connectivity index (χ4n) is 3.05. The lowest BCUT2D eigenvalue weighted by atomic mass is 10.1. The Hall–Kier alpha value is -0.940. The third-order valence-electron chi connectivity index (χ3n) is 4.22. The fourth-order valence-corrected chi connectivity index (χ4v) is 5.13. The van der Waals surface area contributed by atoms with Gasteiger partial charge in [0, 0.05) is 11.8 Å². The number of carbonyl (C=O) groups excluding carboxylic acids is 1. The summed E-state index contributed by atoms with van der Waals surface area (Å²) >= 11 is 25.9. The molecule has 0 spiro atoms. The Morgan fingerprint density at radius 3 is 2.50 bits per heavy atom. The summed E-state index contributed by atoms with van der Waals surface area (Å²) in [7, 11) is 0. The van der Waals surface area contributed by atoms with Crippen molar-refractivity contribution in [3.05, 3.63) is 48.0 Å². The highest BCUT2D eigenvalue weighted by molar-refractivity contribution is 6.66. The maximum Gasteiger partial charge on any atom is 0.275 e. The maximum atomic E-state index is 12.9. The van der Waals surface area contributed by atoms with E-state index in [1.54, 1.807) is 42.6 Å². The molecule has 0 N–H and O–H groups in total. The molecule has 114 valence electrons. The van der Waals surface area contributed by atoms with Crippen molar-refractivity contribution in [1.29, 1.82) is 0 Å². The van der Waals surface area contributed by atoms with Crippen molar-refractivity contribution in [3.8, 4) is 0 Å². The average molecular weight is 377 g/mol. The predicted octanol–water partition coefficient (Wildman–Crippen LogP) is 3.38. The van der Waals surface area contributed by atoms with Crippen molar-refractivity contribution < 1.29 is 4.79 Å². The third kappa shape index (κ3) is 1.38. The van der Waals surface area contributed by atoms with Crippen LogP contribution in [0.5, 0.6) is 0 Å². The number of nitrogens with zero attached hydrogens (tertiary/aromatic N) is 3. The number of rotatable bonds is 1. The Bertz CT molecular complexity index is 722. The average Bonchev–Trinajstić information content (AvgIpc) is 2.77. The van der Waals surface area contributed by atoms with E-state index in [0.717, 1.165) is 0 Å². The predicted molar refractivity (Wildman–Crippen MR) is 87.5 cm³/mol. The van der Waals surface area contributed by atoms with E-state index >= 15 is 0 Å². The first-order valence-corrected chi connectivity index (χ1v) is 8.03. The number of halogens is 4. The SMILES string of the molecule is O=C(c1ccccc1)N1N2N=CC=C[C@@H]2[C@@]2(Cl)C(Cl)(Cl)[C@@]12Cl. The number of hydrogen-bond donors (Lipinski definition) is 0. The second-order valence-electron chi connectivity index (χ2n) is 5.31. The van der Waals surface area contributed by atoms with Crippen LogP contribution >= 0.6 is 46.4 Å². The van der Waals surface area contributed by atoms with Gasteiger partial charge in [-0.15, -0.1) is 11.6 Å². The minimum Gasteiger partial charge on any atom is -0.267 e. The highest BCUT2D eigenvalue weighted by atomic mass is 35.5. The lowest BCUT2D eigenvalue weighted by Gasteiger charge is -2.36. The van der Waals surface area contributed by atoms with E-state index in [0.29, 0.717) is 5.56 Å². The molecule has 1 saturated carbocycles. The molecule has 22 heavy (non-hydrogen) atoms. The summed E-state index contributed by atoms with van der Waals surface area (Å²) in [6, 6.07) is 8.20. The lowest BCUT2D eigenvalue weighted by Crippen LogP contribution is -2.51. The molecule has 0 radical (unpaired) electrons. The van der Waals surface area contributed by atoms with Crippen LogP contribution in [0.3, 0.4) is 0 Å². The number of hydrazine groups is 1. The molecule has 8 heteroatoms. The molecular formula is C14H9Cl4N3O. The van der Waals surface area contributed by atoms with E-state index in [1.807, 2.05) is 6.07 Å². The summed E-state index contributed by atoms with van der Waals surface area (Å²) in [6.07, 6.45) is 5.06. The first kappa shape index (κ1) is 14.6. The monoisotopic (exact) mass is 375 g/mol. The van der Waals surface area contributed by atoms with Gasteiger partial charge in [0.1, 0.15) is 6.04 Å². The molecule has 2 heterocycles. The highest BCUT2D eigenvalue weighted by Gasteiger charge is 2.98. The third-order valence-corrected chi connectivity index (χ3v) is 7.37. The van der Waals surface area contributed by atoms with Crippen LogP contribution in [0.15, 0.2) is 47.6 Å². The van der Waals surface area contributed by atoms with Gasteiger partial charge in [0.2, 0.25) is 0 Å². The molecule has 1 amide bonds. The second-order valence-corrected chi connectivity index (χ2v) is 7.78. The van der Waals surface area contributed by atoms with Gasteiger partial charge in [0.15, 0.2) is 14.2 Å². The largest absolute Gasteiger partial charge is 0.275 e. The number of allylic oxidation sites excluding steroid dienone is 1. The van der Waals surface area contributed by atoms with E-state index in [9.17, 15) is 4.79 Å². The first-order valence-electron chi connectivity index (χ1n) is 6.52. The van der Waals surface area contributed by atoms with Gasteiger partial charge in [-0.3, -0.25) is 4.79 Å². The van der Waals surface area contributed by atoms with Crippen molar-refractivity contribution >= 4 is 58.5 Å². The quantitative estimate of drug-likeness (QED) is 0.556. The van der Waals surface area contributed by atoms with Crippen LogP contribution in [-0.4, -0.2) is 42.5 Å². The highest BCUT2D eigenvalue weighted by Crippen LogP contribution is 2.79. The molecule has 1 aromatic carbocycles. The molecule has 2 fully saturated rings. The summed E-state index contributed by atoms with van der Waals surface area (Å²) in [5, 5.41) is 6.89. The van der Waals surface area contributed by atoms with Crippen molar-refractivity contribution in [1.82, 2.24) is 10.1 Å². The summed E-state index contributed by atoms with van der Waals surface area (Å²) < 4.78 is -1.48. The molecule has 3 aliphatic rings. The molecule has 1 aromatic rings. The Labute approximate surface area is 146 Å². The second kappa shape index (κ2) is 4.32. The summed E-state index contributed by atoms with van der Waals surface area (Å²) in [5.74, 6) is -0.362. The Kier molecular flexibility index (Phi) is 2.88. The first-order chi connectivity index (χ1) is 10.4. The van der Waals surface area contributed by atoms with Crippen LogP contribution in [0.25, 0.3) is 0 Å². The minimum atomic E-state index is -1.48. The Morgan fingerprint density at radius 1 is 1.14 bits per heavy atom. The van der Waals surface area contributed by atoms with Crippen LogP contribution in [0.4, 0.5) is 0 Å². The maximum absolute atomic E-state index is 12.9. The molecule has 1 aliphatic carbocycles. The Balaban J connectivity index is 1.83. The van der Waals surface area contributed by atoms with E-state index < -0.39 is 20.2 Å². The number of benzene rings is 1. The summed E-state index contributed by atoms with van der Waals surface area (Å²) in [4.78, 5) is 10.2. The van der Waals surface area contributed by atoms with Crippen molar-refractivity contribution in [3.63, 3.8) is 0 Å². The zero-order valence-corrected chi connectivity index (χ0v) is 14.0. The zero-order chi connectivity index (χ0) is 15.8. The molecule has 0 unspecified atom stereocenters. The van der Waals surface area contributed by atoms with Crippen LogP contribution in [-0.2, 0) is 0 Å². The smallest absolute Gasteiger partial charge is 0.267 e. The molecule has 3 atom stereocenters. The van der Waals surface area contributed by atoms with Gasteiger partial charge in [-0.25, -0.2) is 5.01 Å². The molecule has 0 bridgehead atoms. The van der Waals surface area contributed by atoms with Crippen LogP contribution < -0.4 is 0 Å². The Morgan fingerprint density at radius 2 is 1.82 bits per heavy atom. The van der Waals surface area contributed by atoms with E-state index in [4.69, 9.17) is 46.4 Å². The summed E-state index contributed by atoms with van der Waals surface area (Å²) in [6.45, 7) is 0. The standard InChI is InChI=1S/C14H9Cl4N3O/c15-12-10-7-4-8-19-21(10)20(14(12,18)13(12,16)17)11(22)9-5-2-1-3-6-9/h1-8,10H/t10-,12-,14+/m1/s1. The van der Waals surface area contributed by atoms with Gasteiger partial charge in [-0.1, -0.05) is 59.1 Å². The topological polar surface area (TPSA) is 35.9 Å². The molecule has 0 aromatic heterocycles. The van der Waals surface area contributed by atoms with Crippen LogP contribution in [0.2, 0.25) is 0 Å². The van der Waals surface area contributed by atoms with Crippen molar-refractivity contribution in [2.24, 2.45) is 5.10 Å². The number of alkyl halides is 4. The molecule has 4 nitrogen and oxygen atoms in total. The lowest BCUT2D eigenvalue weighted by molar-refractivity contribution is -0.0125. The van der Waals surface area contributed by atoms with E-state index in [1.165, 1.54) is 10.1 Å². The number of carbonyl (C=O) groups is 1. The minimum absolute atomic E-state index is 0.362. The number of hydrogen-bond acceptors (Lipinski definition) is 3. The van der Waals surface area contributed by atoms with Gasteiger partial charge in [-0.2, -0.15) is 10.2 Å². The molecule has 1 saturated heterocycles. The van der Waals surface area contributed by atoms with Gasteiger partial charge < -0.3 is 0 Å². The molecular weight excluding hydrogens is 368 g/mol. The van der Waals surface area contributed by atoms with Crippen LogP contribution in [0.1, 0.15) is 10.4 Å². The van der Waals surface area contributed by atoms with Gasteiger partial charge >= 0.3 is 0 Å². The van der Waals surface area contributed by atoms with Gasteiger partial charge in [-0.05, 0) is 18.2 Å².